The van der Waals surface area contributed by atoms with E-state index in [1.807, 2.05) is 38.1 Å². The quantitative estimate of drug-likeness (QED) is 0.561. The minimum absolute atomic E-state index is 0.123. The third kappa shape index (κ3) is 6.57. The maximum Gasteiger partial charge on any atom is 0.262 e. The van der Waals surface area contributed by atoms with Gasteiger partial charge in [-0.1, -0.05) is 39.8 Å². The number of anilines is 1. The van der Waals surface area contributed by atoms with Crippen molar-refractivity contribution in [3.05, 3.63) is 54.1 Å². The molecule has 0 saturated carbocycles. The molecule has 7 heteroatoms. The highest BCUT2D eigenvalue weighted by atomic mass is 32.2. The average Bonchev–Trinajstić information content (AvgIpc) is 2.73. The van der Waals surface area contributed by atoms with Crippen LogP contribution in [0.1, 0.15) is 52.0 Å². The molecule has 2 rings (SSSR count). The minimum Gasteiger partial charge on any atom is -0.484 e. The Hall–Kier alpha value is -2.38. The number of benzene rings is 2. The summed E-state index contributed by atoms with van der Waals surface area (Å²) in [5, 5.41) is 2.73. The maximum absolute atomic E-state index is 12.8. The molecule has 6 nitrogen and oxygen atoms in total. The van der Waals surface area contributed by atoms with Gasteiger partial charge in [-0.05, 0) is 60.7 Å². The number of nitrogens with zero attached hydrogens (tertiary/aromatic N) is 1. The molecule has 1 amide bonds. The fraction of sp³-hybridized carbons (Fsp3) is 0.435. The highest BCUT2D eigenvalue weighted by Gasteiger charge is 2.22. The third-order valence-electron chi connectivity index (χ3n) is 4.64. The van der Waals surface area contributed by atoms with Crippen LogP contribution >= 0.6 is 0 Å². The molecular formula is C23H32N2O4S. The molecule has 0 spiro atoms. The predicted octanol–water partition coefficient (Wildman–Crippen LogP) is 4.64. The lowest BCUT2D eigenvalue weighted by Crippen LogP contribution is -2.32. The Morgan fingerprint density at radius 2 is 1.53 bits per heavy atom. The van der Waals surface area contributed by atoms with Crippen LogP contribution in [0.5, 0.6) is 5.75 Å². The summed E-state index contributed by atoms with van der Waals surface area (Å²) in [7, 11) is -3.53. The van der Waals surface area contributed by atoms with Crippen molar-refractivity contribution in [2.75, 3.05) is 25.0 Å². The number of amides is 1. The topological polar surface area (TPSA) is 75.7 Å². The third-order valence-corrected chi connectivity index (χ3v) is 6.55. The van der Waals surface area contributed by atoms with Crippen LogP contribution in [-0.2, 0) is 14.8 Å². The Kier molecular flexibility index (Phi) is 8.87. The van der Waals surface area contributed by atoms with Crippen molar-refractivity contribution in [1.29, 1.82) is 0 Å². The molecule has 0 atom stereocenters. The van der Waals surface area contributed by atoms with E-state index in [-0.39, 0.29) is 17.4 Å². The molecule has 0 radical (unpaired) electrons. The summed E-state index contributed by atoms with van der Waals surface area (Å²) in [6.45, 7) is 9.00. The molecule has 2 aromatic rings. The fourth-order valence-corrected chi connectivity index (χ4v) is 4.63. The van der Waals surface area contributed by atoms with Gasteiger partial charge in [0.1, 0.15) is 5.75 Å². The zero-order valence-corrected chi connectivity index (χ0v) is 19.0. The van der Waals surface area contributed by atoms with Gasteiger partial charge in [0.15, 0.2) is 6.61 Å². The van der Waals surface area contributed by atoms with Crippen molar-refractivity contribution in [2.24, 2.45) is 0 Å². The van der Waals surface area contributed by atoms with Crippen molar-refractivity contribution in [3.63, 3.8) is 0 Å². The highest BCUT2D eigenvalue weighted by molar-refractivity contribution is 7.89. The minimum atomic E-state index is -3.53. The number of sulfonamides is 1. The summed E-state index contributed by atoms with van der Waals surface area (Å²) < 4.78 is 32.6. The lowest BCUT2D eigenvalue weighted by molar-refractivity contribution is -0.118. The van der Waals surface area contributed by atoms with Gasteiger partial charge in [-0.3, -0.25) is 4.79 Å². The van der Waals surface area contributed by atoms with Crippen LogP contribution in [-0.4, -0.2) is 38.3 Å². The van der Waals surface area contributed by atoms with E-state index in [0.29, 0.717) is 30.4 Å². The van der Waals surface area contributed by atoms with Crippen LogP contribution in [0.4, 0.5) is 5.69 Å². The molecule has 1 N–H and O–H groups in total. The van der Waals surface area contributed by atoms with Crippen LogP contribution < -0.4 is 10.1 Å². The number of hydrogen-bond donors (Lipinski definition) is 1. The van der Waals surface area contributed by atoms with Crippen LogP contribution in [0.25, 0.3) is 0 Å². The summed E-state index contributed by atoms with van der Waals surface area (Å²) >= 11 is 0. The molecule has 0 aliphatic heterocycles. The van der Waals surface area contributed by atoms with Crippen LogP contribution in [0.15, 0.2) is 53.4 Å². The number of rotatable bonds is 11. The smallest absolute Gasteiger partial charge is 0.262 e. The summed E-state index contributed by atoms with van der Waals surface area (Å²) in [4.78, 5) is 12.4. The Morgan fingerprint density at radius 1 is 0.967 bits per heavy atom. The summed E-state index contributed by atoms with van der Waals surface area (Å²) in [6.07, 6.45) is 1.52. The summed E-state index contributed by atoms with van der Waals surface area (Å²) in [5.41, 5.74) is 1.73. The standard InChI is InChI=1S/C23H32N2O4S/c1-5-15-25(16-6-2)30(27,28)22-13-9-20(10-14-22)24-23(26)17-29-21-11-7-19(8-12-21)18(3)4/h7-14,18H,5-6,15-17H2,1-4H3,(H,24,26). The second-order valence-electron chi connectivity index (χ2n) is 7.49. The van der Waals surface area contributed by atoms with Gasteiger partial charge in [0, 0.05) is 18.8 Å². The monoisotopic (exact) mass is 432 g/mol. The van der Waals surface area contributed by atoms with Crippen molar-refractivity contribution < 1.29 is 17.9 Å². The average molecular weight is 433 g/mol. The van der Waals surface area contributed by atoms with Gasteiger partial charge in [0.05, 0.1) is 4.90 Å². The molecule has 0 unspecified atom stereocenters. The first kappa shape index (κ1) is 23.9. The van der Waals surface area contributed by atoms with Gasteiger partial charge >= 0.3 is 0 Å². The number of nitrogens with one attached hydrogen (secondary N) is 1. The second kappa shape index (κ2) is 11.1. The number of ether oxygens (including phenoxy) is 1. The fourth-order valence-electron chi connectivity index (χ4n) is 3.01. The molecule has 0 aliphatic carbocycles. The molecule has 0 aliphatic rings. The van der Waals surface area contributed by atoms with Gasteiger partial charge in [-0.25, -0.2) is 8.42 Å². The van der Waals surface area contributed by atoms with E-state index in [4.69, 9.17) is 4.74 Å². The van der Waals surface area contributed by atoms with E-state index >= 15 is 0 Å². The molecule has 0 heterocycles. The molecule has 30 heavy (non-hydrogen) atoms. The first-order valence-corrected chi connectivity index (χ1v) is 11.8. The highest BCUT2D eigenvalue weighted by Crippen LogP contribution is 2.20. The van der Waals surface area contributed by atoms with Crippen molar-refractivity contribution in [3.8, 4) is 5.75 Å². The number of hydrogen-bond acceptors (Lipinski definition) is 4. The van der Waals surface area contributed by atoms with Gasteiger partial charge in [0.25, 0.3) is 5.91 Å². The summed E-state index contributed by atoms with van der Waals surface area (Å²) in [6, 6.07) is 13.9. The molecule has 0 bridgehead atoms. The van der Waals surface area contributed by atoms with Gasteiger partial charge < -0.3 is 10.1 Å². The van der Waals surface area contributed by atoms with E-state index in [0.717, 1.165) is 12.8 Å². The first-order valence-electron chi connectivity index (χ1n) is 10.4. The van der Waals surface area contributed by atoms with Crippen molar-refractivity contribution in [2.45, 2.75) is 51.3 Å². The summed E-state index contributed by atoms with van der Waals surface area (Å²) in [5.74, 6) is 0.755. The number of carbonyl (C=O) groups is 1. The Labute approximate surface area is 180 Å². The molecule has 0 saturated heterocycles. The van der Waals surface area contributed by atoms with Gasteiger partial charge in [0.2, 0.25) is 10.0 Å². The maximum atomic E-state index is 12.8. The molecule has 164 valence electrons. The van der Waals surface area contributed by atoms with E-state index in [9.17, 15) is 13.2 Å². The number of carbonyl (C=O) groups excluding carboxylic acids is 1. The van der Waals surface area contributed by atoms with Crippen LogP contribution in [0.2, 0.25) is 0 Å². The second-order valence-corrected chi connectivity index (χ2v) is 9.43. The van der Waals surface area contributed by atoms with E-state index in [2.05, 4.69) is 19.2 Å². The first-order chi connectivity index (χ1) is 14.3. The molecule has 0 fully saturated rings. The Bertz CT molecular complexity index is 901. The van der Waals surface area contributed by atoms with E-state index < -0.39 is 10.0 Å². The predicted molar refractivity (Wildman–Crippen MR) is 120 cm³/mol. The Balaban J connectivity index is 1.95. The largest absolute Gasteiger partial charge is 0.484 e. The normalized spacial score (nSPS) is 11.7. The SMILES string of the molecule is CCCN(CCC)S(=O)(=O)c1ccc(NC(=O)COc2ccc(C(C)C)cc2)cc1. The molecular weight excluding hydrogens is 400 g/mol. The van der Waals surface area contributed by atoms with Crippen molar-refractivity contribution in [1.82, 2.24) is 4.31 Å². The lowest BCUT2D eigenvalue weighted by atomic mass is 10.0. The van der Waals surface area contributed by atoms with Crippen LogP contribution in [0, 0.1) is 0 Å². The molecule has 2 aromatic carbocycles. The Morgan fingerprint density at radius 3 is 2.03 bits per heavy atom. The van der Waals surface area contributed by atoms with E-state index in [1.54, 1.807) is 12.1 Å². The lowest BCUT2D eigenvalue weighted by Gasteiger charge is -2.21. The van der Waals surface area contributed by atoms with Gasteiger partial charge in [-0.15, -0.1) is 0 Å². The molecule has 0 aromatic heterocycles. The zero-order valence-electron chi connectivity index (χ0n) is 18.2. The van der Waals surface area contributed by atoms with Gasteiger partial charge in [-0.2, -0.15) is 4.31 Å². The van der Waals surface area contributed by atoms with E-state index in [1.165, 1.54) is 22.0 Å². The van der Waals surface area contributed by atoms with Crippen molar-refractivity contribution >= 4 is 21.6 Å². The zero-order chi connectivity index (χ0) is 22.1. The van der Waals surface area contributed by atoms with Crippen LogP contribution in [0.3, 0.4) is 0 Å².